The summed E-state index contributed by atoms with van der Waals surface area (Å²) in [5.74, 6) is -0.536. The lowest BCUT2D eigenvalue weighted by molar-refractivity contribution is -0.116. The van der Waals surface area contributed by atoms with Gasteiger partial charge in [0.05, 0.1) is 12.1 Å². The number of nitrogens with one attached hydrogen (secondary N) is 2. The summed E-state index contributed by atoms with van der Waals surface area (Å²) >= 11 is 6.94. The highest BCUT2D eigenvalue weighted by atomic mass is 32.1. The van der Waals surface area contributed by atoms with Gasteiger partial charge in [-0.15, -0.1) is 11.3 Å². The Balaban J connectivity index is 2.08. The molecule has 0 saturated heterocycles. The van der Waals surface area contributed by atoms with Gasteiger partial charge in [0.15, 0.2) is 5.11 Å². The monoisotopic (exact) mass is 410 g/mol. The molecule has 0 radical (unpaired) electrons. The zero-order chi connectivity index (χ0) is 19.8. The number of carbonyl (C=O) groups excluding carboxylic acids is 2. The lowest BCUT2D eigenvalue weighted by Crippen LogP contribution is -2.42. The highest BCUT2D eigenvalue weighted by molar-refractivity contribution is 7.80. The van der Waals surface area contributed by atoms with Crippen LogP contribution in [-0.4, -0.2) is 34.9 Å². The van der Waals surface area contributed by atoms with E-state index in [4.69, 9.17) is 18.0 Å². The number of carbonyl (C=O) groups is 2. The van der Waals surface area contributed by atoms with Crippen LogP contribution >= 0.6 is 23.6 Å². The first-order chi connectivity index (χ1) is 13.0. The Labute approximate surface area is 170 Å². The second-order valence-corrected chi connectivity index (χ2v) is 8.33. The van der Waals surface area contributed by atoms with Gasteiger partial charge in [-0.1, -0.05) is 33.1 Å². The van der Waals surface area contributed by atoms with Crippen LogP contribution in [0.1, 0.15) is 73.2 Å². The Kier molecular flexibility index (Phi) is 8.50. The van der Waals surface area contributed by atoms with Crippen LogP contribution in [0.3, 0.4) is 0 Å². The average molecular weight is 411 g/mol. The molecule has 8 heteroatoms. The number of unbranched alkanes of at least 4 members (excludes halogenated alkanes) is 3. The SMILES string of the molecule is CCCCCC(=O)Nc1sc2c(c1C(N)=O)CCN(C(=S)NCCCC)C2. The maximum atomic E-state index is 12.2. The number of thiocarbonyl (C=S) groups is 1. The third-order valence-corrected chi connectivity index (χ3v) is 6.19. The Morgan fingerprint density at radius 2 is 1.96 bits per heavy atom. The number of anilines is 1. The van der Waals surface area contributed by atoms with Crippen molar-refractivity contribution in [1.29, 1.82) is 0 Å². The molecule has 2 heterocycles. The van der Waals surface area contributed by atoms with E-state index < -0.39 is 5.91 Å². The van der Waals surface area contributed by atoms with E-state index in [1.165, 1.54) is 11.3 Å². The second kappa shape index (κ2) is 10.6. The number of fused-ring (bicyclic) bond motifs is 1. The van der Waals surface area contributed by atoms with Crippen molar-refractivity contribution in [3.63, 3.8) is 0 Å². The van der Waals surface area contributed by atoms with E-state index in [9.17, 15) is 9.59 Å². The number of rotatable bonds is 9. The maximum Gasteiger partial charge on any atom is 0.251 e. The van der Waals surface area contributed by atoms with Gasteiger partial charge in [-0.2, -0.15) is 0 Å². The summed E-state index contributed by atoms with van der Waals surface area (Å²) in [6.45, 7) is 6.50. The van der Waals surface area contributed by atoms with Crippen LogP contribution in [0.5, 0.6) is 0 Å². The smallest absolute Gasteiger partial charge is 0.251 e. The minimum absolute atomic E-state index is 0.0573. The lowest BCUT2D eigenvalue weighted by atomic mass is 10.0. The standard InChI is InChI=1S/C19H30N4O2S2/c1-3-5-7-8-15(24)22-18-16(17(20)25)13-9-11-23(12-14(13)27-18)19(26)21-10-6-4-2/h3-12H2,1-2H3,(H2,20,25)(H,21,26)(H,22,24). The van der Waals surface area contributed by atoms with Gasteiger partial charge in [-0.3, -0.25) is 9.59 Å². The number of hydrogen-bond donors (Lipinski definition) is 3. The van der Waals surface area contributed by atoms with Gasteiger partial charge < -0.3 is 21.3 Å². The Hall–Kier alpha value is -1.67. The van der Waals surface area contributed by atoms with E-state index in [1.54, 1.807) is 0 Å². The molecule has 0 bridgehead atoms. The van der Waals surface area contributed by atoms with Gasteiger partial charge in [-0.25, -0.2) is 0 Å². The molecule has 0 atom stereocenters. The van der Waals surface area contributed by atoms with Gasteiger partial charge in [0, 0.05) is 24.4 Å². The van der Waals surface area contributed by atoms with Gasteiger partial charge in [-0.05, 0) is 37.0 Å². The molecule has 1 aliphatic rings. The molecule has 0 aromatic carbocycles. The summed E-state index contributed by atoms with van der Waals surface area (Å²) in [6, 6.07) is 0. The van der Waals surface area contributed by atoms with Crippen molar-refractivity contribution in [2.24, 2.45) is 5.73 Å². The maximum absolute atomic E-state index is 12.2. The fourth-order valence-electron chi connectivity index (χ4n) is 3.13. The van der Waals surface area contributed by atoms with Crippen molar-refractivity contribution in [3.05, 3.63) is 16.0 Å². The zero-order valence-corrected chi connectivity index (χ0v) is 17.9. The van der Waals surface area contributed by atoms with E-state index in [1.807, 2.05) is 0 Å². The Bertz CT molecular complexity index is 687. The predicted molar refractivity (Wildman–Crippen MR) is 115 cm³/mol. The number of amides is 2. The third-order valence-electron chi connectivity index (χ3n) is 4.66. The van der Waals surface area contributed by atoms with E-state index in [0.29, 0.717) is 30.0 Å². The molecule has 1 aromatic heterocycles. The van der Waals surface area contributed by atoms with Crippen LogP contribution < -0.4 is 16.4 Å². The summed E-state index contributed by atoms with van der Waals surface area (Å²) in [5.41, 5.74) is 7.06. The van der Waals surface area contributed by atoms with Crippen LogP contribution in [0.25, 0.3) is 0 Å². The lowest BCUT2D eigenvalue weighted by Gasteiger charge is -2.29. The molecule has 27 heavy (non-hydrogen) atoms. The third kappa shape index (κ3) is 5.90. The van der Waals surface area contributed by atoms with Gasteiger partial charge in [0.1, 0.15) is 5.00 Å². The van der Waals surface area contributed by atoms with Crippen molar-refractivity contribution >= 4 is 45.5 Å². The molecule has 1 aromatic rings. The topological polar surface area (TPSA) is 87.5 Å². The fraction of sp³-hybridized carbons (Fsp3) is 0.632. The normalized spacial score (nSPS) is 13.2. The number of primary amides is 1. The van der Waals surface area contributed by atoms with Crippen LogP contribution in [0, 0.1) is 0 Å². The first-order valence-corrected chi connectivity index (χ1v) is 11.0. The number of hydrogen-bond acceptors (Lipinski definition) is 4. The van der Waals surface area contributed by atoms with Crippen molar-refractivity contribution in [3.8, 4) is 0 Å². The summed E-state index contributed by atoms with van der Waals surface area (Å²) in [7, 11) is 0. The van der Waals surface area contributed by atoms with Gasteiger partial charge >= 0.3 is 0 Å². The summed E-state index contributed by atoms with van der Waals surface area (Å²) < 4.78 is 0. The zero-order valence-electron chi connectivity index (χ0n) is 16.2. The molecule has 2 rings (SSSR count). The van der Waals surface area contributed by atoms with E-state index in [-0.39, 0.29) is 5.91 Å². The van der Waals surface area contributed by atoms with Crippen LogP contribution in [0.15, 0.2) is 0 Å². The fourth-order valence-corrected chi connectivity index (χ4v) is 4.68. The van der Waals surface area contributed by atoms with Crippen molar-refractivity contribution in [1.82, 2.24) is 10.2 Å². The van der Waals surface area contributed by atoms with E-state index >= 15 is 0 Å². The molecule has 0 spiro atoms. The van der Waals surface area contributed by atoms with Crippen molar-refractivity contribution < 1.29 is 9.59 Å². The largest absolute Gasteiger partial charge is 0.365 e. The van der Waals surface area contributed by atoms with Crippen LogP contribution in [0.4, 0.5) is 5.00 Å². The summed E-state index contributed by atoms with van der Waals surface area (Å²) in [4.78, 5) is 27.4. The van der Waals surface area contributed by atoms with Crippen molar-refractivity contribution in [2.75, 3.05) is 18.4 Å². The van der Waals surface area contributed by atoms with Crippen LogP contribution in [-0.2, 0) is 17.8 Å². The molecule has 0 aliphatic carbocycles. The molecule has 0 saturated carbocycles. The molecular formula is C19H30N4O2S2. The molecule has 2 amide bonds. The first kappa shape index (κ1) is 21.6. The number of thiophene rings is 1. The molecule has 4 N–H and O–H groups in total. The molecule has 0 unspecified atom stereocenters. The molecule has 6 nitrogen and oxygen atoms in total. The molecule has 150 valence electrons. The van der Waals surface area contributed by atoms with Gasteiger partial charge in [0.2, 0.25) is 5.91 Å². The predicted octanol–water partition coefficient (Wildman–Crippen LogP) is 3.40. The Morgan fingerprint density at radius 1 is 1.22 bits per heavy atom. The number of nitrogens with two attached hydrogens (primary N) is 1. The molecular weight excluding hydrogens is 380 g/mol. The minimum Gasteiger partial charge on any atom is -0.365 e. The number of nitrogens with zero attached hydrogens (tertiary/aromatic N) is 1. The highest BCUT2D eigenvalue weighted by Gasteiger charge is 2.28. The van der Waals surface area contributed by atoms with Gasteiger partial charge in [0.25, 0.3) is 5.91 Å². The summed E-state index contributed by atoms with van der Waals surface area (Å²) in [6.07, 6.45) is 6.30. The highest BCUT2D eigenvalue weighted by Crippen LogP contribution is 2.37. The molecule has 0 fully saturated rings. The quantitative estimate of drug-likeness (QED) is 0.429. The summed E-state index contributed by atoms with van der Waals surface area (Å²) in [5, 5.41) is 7.52. The molecule has 1 aliphatic heterocycles. The van der Waals surface area contributed by atoms with E-state index in [2.05, 4.69) is 29.4 Å². The average Bonchev–Trinajstić information content (AvgIpc) is 2.98. The minimum atomic E-state index is -0.478. The van der Waals surface area contributed by atoms with Crippen molar-refractivity contribution in [2.45, 2.75) is 65.3 Å². The Morgan fingerprint density at radius 3 is 2.63 bits per heavy atom. The van der Waals surface area contributed by atoms with Crippen LogP contribution in [0.2, 0.25) is 0 Å². The first-order valence-electron chi connectivity index (χ1n) is 9.74. The second-order valence-electron chi connectivity index (χ2n) is 6.83. The van der Waals surface area contributed by atoms with E-state index in [0.717, 1.165) is 60.7 Å².